The zero-order chi connectivity index (χ0) is 8.55. The molecule has 1 heterocycles. The normalized spacial score (nSPS) is 33.8. The monoisotopic (exact) mass is 164 g/mol. The second kappa shape index (κ2) is 2.77. The van der Waals surface area contributed by atoms with Gasteiger partial charge in [-0.3, -0.25) is 4.79 Å². The van der Waals surface area contributed by atoms with Gasteiger partial charge < -0.3 is 4.74 Å². The van der Waals surface area contributed by atoms with Gasteiger partial charge in [-0.15, -0.1) is 0 Å². The van der Waals surface area contributed by atoms with Crippen molar-refractivity contribution in [2.24, 2.45) is 5.92 Å². The summed E-state index contributed by atoms with van der Waals surface area (Å²) in [5.74, 6) is 0.313. The first-order valence-electron chi connectivity index (χ1n) is 4.29. The van der Waals surface area contributed by atoms with Crippen LogP contribution in [-0.4, -0.2) is 11.9 Å². The first-order valence-corrected chi connectivity index (χ1v) is 4.29. The Hall–Kier alpha value is -1.05. The molecule has 0 aromatic rings. The summed E-state index contributed by atoms with van der Waals surface area (Å²) in [6, 6.07) is 0. The number of hydrogen-bond acceptors (Lipinski definition) is 2. The molecule has 0 spiro atoms. The van der Waals surface area contributed by atoms with Crippen molar-refractivity contribution in [1.29, 1.82) is 0 Å². The summed E-state index contributed by atoms with van der Waals surface area (Å²) in [6.45, 7) is 2.07. The molecule has 0 fully saturated rings. The van der Waals surface area contributed by atoms with Gasteiger partial charge >= 0.3 is 0 Å². The van der Waals surface area contributed by atoms with Crippen molar-refractivity contribution in [1.82, 2.24) is 0 Å². The number of carbonyl (C=O) groups is 1. The Kier molecular flexibility index (Phi) is 1.75. The molecule has 0 saturated heterocycles. The van der Waals surface area contributed by atoms with E-state index < -0.39 is 0 Å². The SMILES string of the molecule is CC1=CCC2OC=CC(C1)C2=O. The molecule has 2 unspecified atom stereocenters. The Morgan fingerprint density at radius 1 is 1.58 bits per heavy atom. The van der Waals surface area contributed by atoms with Crippen molar-refractivity contribution in [2.45, 2.75) is 25.9 Å². The van der Waals surface area contributed by atoms with Crippen LogP contribution >= 0.6 is 0 Å². The highest BCUT2D eigenvalue weighted by atomic mass is 16.5. The zero-order valence-corrected chi connectivity index (χ0v) is 7.12. The molecule has 0 amide bonds. The van der Waals surface area contributed by atoms with E-state index in [-0.39, 0.29) is 17.8 Å². The predicted octanol–water partition coefficient (Wildman–Crippen LogP) is 1.82. The second-order valence-corrected chi connectivity index (χ2v) is 3.45. The quantitative estimate of drug-likeness (QED) is 0.510. The van der Waals surface area contributed by atoms with Gasteiger partial charge in [0.15, 0.2) is 11.9 Å². The van der Waals surface area contributed by atoms with Crippen LogP contribution < -0.4 is 0 Å². The molecule has 0 radical (unpaired) electrons. The molecule has 12 heavy (non-hydrogen) atoms. The Balaban J connectivity index is 2.29. The number of carbonyl (C=O) groups excluding carboxylic acids is 1. The highest BCUT2D eigenvalue weighted by Gasteiger charge is 2.30. The van der Waals surface area contributed by atoms with Gasteiger partial charge in [-0.2, -0.15) is 0 Å². The minimum Gasteiger partial charge on any atom is -0.490 e. The lowest BCUT2D eigenvalue weighted by Gasteiger charge is -2.20. The summed E-state index contributed by atoms with van der Waals surface area (Å²) in [5, 5.41) is 0. The largest absolute Gasteiger partial charge is 0.490 e. The molecule has 2 bridgehead atoms. The van der Waals surface area contributed by atoms with Gasteiger partial charge in [0.25, 0.3) is 0 Å². The van der Waals surface area contributed by atoms with Crippen LogP contribution in [0.1, 0.15) is 19.8 Å². The van der Waals surface area contributed by atoms with Crippen LogP contribution in [-0.2, 0) is 9.53 Å². The fraction of sp³-hybridized carbons (Fsp3) is 0.500. The smallest absolute Gasteiger partial charge is 0.180 e. The van der Waals surface area contributed by atoms with Crippen LogP contribution in [0.3, 0.4) is 0 Å². The third-order valence-electron chi connectivity index (χ3n) is 2.46. The van der Waals surface area contributed by atoms with Crippen molar-refractivity contribution >= 4 is 5.78 Å². The molecule has 2 nitrogen and oxygen atoms in total. The van der Waals surface area contributed by atoms with Gasteiger partial charge in [-0.25, -0.2) is 0 Å². The van der Waals surface area contributed by atoms with Crippen LogP contribution in [0.15, 0.2) is 24.0 Å². The zero-order valence-electron chi connectivity index (χ0n) is 7.12. The van der Waals surface area contributed by atoms with Gasteiger partial charge in [-0.05, 0) is 19.4 Å². The molecular formula is C10H12O2. The summed E-state index contributed by atoms with van der Waals surface area (Å²) in [5.41, 5.74) is 1.30. The lowest BCUT2D eigenvalue weighted by molar-refractivity contribution is -0.131. The fourth-order valence-corrected chi connectivity index (χ4v) is 1.71. The van der Waals surface area contributed by atoms with Crippen LogP contribution in [0, 0.1) is 5.92 Å². The van der Waals surface area contributed by atoms with Crippen LogP contribution in [0.4, 0.5) is 0 Å². The maximum Gasteiger partial charge on any atom is 0.180 e. The van der Waals surface area contributed by atoms with E-state index in [2.05, 4.69) is 13.0 Å². The van der Waals surface area contributed by atoms with E-state index in [0.717, 1.165) is 12.8 Å². The molecule has 1 aliphatic heterocycles. The molecule has 2 rings (SSSR count). The predicted molar refractivity (Wildman–Crippen MR) is 45.5 cm³/mol. The first-order chi connectivity index (χ1) is 5.77. The second-order valence-electron chi connectivity index (χ2n) is 3.45. The average Bonchev–Trinajstić information content (AvgIpc) is 2.17. The molecule has 0 aromatic carbocycles. The fourth-order valence-electron chi connectivity index (χ4n) is 1.71. The lowest BCUT2D eigenvalue weighted by atomic mass is 9.94. The molecule has 0 saturated carbocycles. The molecular weight excluding hydrogens is 152 g/mol. The van der Waals surface area contributed by atoms with E-state index >= 15 is 0 Å². The van der Waals surface area contributed by atoms with Crippen molar-refractivity contribution in [3.63, 3.8) is 0 Å². The Morgan fingerprint density at radius 2 is 2.42 bits per heavy atom. The van der Waals surface area contributed by atoms with E-state index in [1.54, 1.807) is 6.26 Å². The average molecular weight is 164 g/mol. The molecule has 2 aliphatic rings. The summed E-state index contributed by atoms with van der Waals surface area (Å²) < 4.78 is 5.21. The molecule has 64 valence electrons. The lowest BCUT2D eigenvalue weighted by Crippen LogP contribution is -2.30. The Morgan fingerprint density at radius 3 is 3.25 bits per heavy atom. The van der Waals surface area contributed by atoms with E-state index in [1.165, 1.54) is 5.57 Å². The van der Waals surface area contributed by atoms with Gasteiger partial charge in [-0.1, -0.05) is 11.6 Å². The number of hydrogen-bond donors (Lipinski definition) is 0. The molecule has 2 atom stereocenters. The molecule has 1 aliphatic carbocycles. The maximum atomic E-state index is 11.6. The highest BCUT2D eigenvalue weighted by Crippen LogP contribution is 2.26. The van der Waals surface area contributed by atoms with Gasteiger partial charge in [0, 0.05) is 12.3 Å². The van der Waals surface area contributed by atoms with Gasteiger partial charge in [0.2, 0.25) is 0 Å². The first kappa shape index (κ1) is 7.59. The Bertz CT molecular complexity index is 263. The highest BCUT2D eigenvalue weighted by molar-refractivity contribution is 5.88. The molecule has 0 aromatic heterocycles. The van der Waals surface area contributed by atoms with Crippen LogP contribution in [0.25, 0.3) is 0 Å². The van der Waals surface area contributed by atoms with E-state index in [4.69, 9.17) is 4.74 Å². The Labute approximate surface area is 71.9 Å². The van der Waals surface area contributed by atoms with E-state index in [1.807, 2.05) is 6.08 Å². The van der Waals surface area contributed by atoms with Crippen LogP contribution in [0.2, 0.25) is 0 Å². The number of ketones is 1. The summed E-state index contributed by atoms with van der Waals surface area (Å²) in [4.78, 5) is 11.6. The molecule has 0 N–H and O–H groups in total. The van der Waals surface area contributed by atoms with Crippen molar-refractivity contribution in [3.05, 3.63) is 24.0 Å². The van der Waals surface area contributed by atoms with Crippen LogP contribution in [0.5, 0.6) is 0 Å². The minimum absolute atomic E-state index is 0.0718. The van der Waals surface area contributed by atoms with Crippen molar-refractivity contribution in [3.8, 4) is 0 Å². The van der Waals surface area contributed by atoms with Crippen molar-refractivity contribution in [2.75, 3.05) is 0 Å². The van der Waals surface area contributed by atoms with Gasteiger partial charge in [0.05, 0.1) is 6.26 Å². The number of fused-ring (bicyclic) bond motifs is 2. The molecule has 2 heteroatoms. The number of allylic oxidation sites excluding steroid dienone is 2. The van der Waals surface area contributed by atoms with E-state index in [0.29, 0.717) is 0 Å². The third kappa shape index (κ3) is 1.17. The minimum atomic E-state index is -0.211. The topological polar surface area (TPSA) is 26.3 Å². The standard InChI is InChI=1S/C10H12O2/c1-7-2-3-9-10(11)8(6-7)4-5-12-9/h2,4-5,8-9H,3,6H2,1H3. The maximum absolute atomic E-state index is 11.6. The number of rotatable bonds is 0. The summed E-state index contributed by atoms with van der Waals surface area (Å²) in [7, 11) is 0. The van der Waals surface area contributed by atoms with Gasteiger partial charge in [0.1, 0.15) is 0 Å². The number of Topliss-reactive ketones (excluding diaryl/α,β-unsaturated/α-hetero) is 1. The van der Waals surface area contributed by atoms with Crippen molar-refractivity contribution < 1.29 is 9.53 Å². The third-order valence-corrected chi connectivity index (χ3v) is 2.46. The summed E-state index contributed by atoms with van der Waals surface area (Å²) in [6.07, 6.45) is 7.04. The van der Waals surface area contributed by atoms with E-state index in [9.17, 15) is 4.79 Å². The number of ether oxygens (including phenoxy) is 1. The summed E-state index contributed by atoms with van der Waals surface area (Å²) >= 11 is 0.